The molecule has 148 valence electrons. The van der Waals surface area contributed by atoms with Gasteiger partial charge in [0.05, 0.1) is 0 Å². The minimum absolute atomic E-state index is 0.692. The molecule has 0 spiro atoms. The lowest BCUT2D eigenvalue weighted by Gasteiger charge is -2.50. The highest BCUT2D eigenvalue weighted by Crippen LogP contribution is 2.54. The summed E-state index contributed by atoms with van der Waals surface area (Å²) in [4.78, 5) is 0. The van der Waals surface area contributed by atoms with Gasteiger partial charge in [-0.1, -0.05) is 54.4 Å². The largest absolute Gasteiger partial charge is 0.394 e. The van der Waals surface area contributed by atoms with Gasteiger partial charge in [-0.25, -0.2) is 0 Å². The number of rotatable bonds is 8. The first-order valence-corrected chi connectivity index (χ1v) is 13.2. The van der Waals surface area contributed by atoms with E-state index in [9.17, 15) is 0 Å². The van der Waals surface area contributed by atoms with Gasteiger partial charge in [-0.2, -0.15) is 0 Å². The Morgan fingerprint density at radius 1 is 0.800 bits per heavy atom. The lowest BCUT2D eigenvalue weighted by Crippen LogP contribution is -2.56. The molecule has 0 aromatic rings. The van der Waals surface area contributed by atoms with Gasteiger partial charge in [0.25, 0.3) is 0 Å². The molecule has 0 amide bonds. The summed E-state index contributed by atoms with van der Waals surface area (Å²) < 4.78 is 13.8. The molecule has 0 heterocycles. The van der Waals surface area contributed by atoms with Crippen molar-refractivity contribution in [2.75, 3.05) is 13.2 Å². The Bertz CT molecular complexity index is 368. The van der Waals surface area contributed by atoms with Crippen LogP contribution in [0.15, 0.2) is 0 Å². The quantitative estimate of drug-likeness (QED) is 0.432. The molecule has 0 aromatic heterocycles. The summed E-state index contributed by atoms with van der Waals surface area (Å²) in [6, 6.07) is 0. The zero-order valence-corrected chi connectivity index (χ0v) is 18.9. The molecule has 2 saturated carbocycles. The molecule has 0 N–H and O–H groups in total. The van der Waals surface area contributed by atoms with Gasteiger partial charge in [-0.05, 0) is 62.2 Å². The molecule has 0 aromatic carbocycles. The van der Waals surface area contributed by atoms with E-state index in [-0.39, 0.29) is 0 Å². The topological polar surface area (TPSA) is 18.5 Å². The van der Waals surface area contributed by atoms with Crippen molar-refractivity contribution in [2.45, 2.75) is 104 Å². The normalized spacial score (nSPS) is 37.2. The van der Waals surface area contributed by atoms with E-state index in [1.807, 2.05) is 0 Å². The second-order valence-corrected chi connectivity index (χ2v) is 13.0. The van der Waals surface area contributed by atoms with Crippen molar-refractivity contribution in [3.05, 3.63) is 0 Å². The summed E-state index contributed by atoms with van der Waals surface area (Å²) in [5.74, 6) is 3.22. The van der Waals surface area contributed by atoms with E-state index in [0.29, 0.717) is 11.1 Å². The molecule has 0 saturated heterocycles. The highest BCUT2D eigenvalue weighted by atomic mass is 28.4. The van der Waals surface area contributed by atoms with E-state index < -0.39 is 8.56 Å². The van der Waals surface area contributed by atoms with Crippen LogP contribution in [0, 0.1) is 23.7 Å². The van der Waals surface area contributed by atoms with Gasteiger partial charge in [0, 0.05) is 24.3 Å². The summed E-state index contributed by atoms with van der Waals surface area (Å²) in [5, 5.41) is 0. The van der Waals surface area contributed by atoms with Crippen molar-refractivity contribution in [1.29, 1.82) is 0 Å². The van der Waals surface area contributed by atoms with Crippen LogP contribution in [0.3, 0.4) is 0 Å². The molecule has 25 heavy (non-hydrogen) atoms. The third kappa shape index (κ3) is 5.10. The van der Waals surface area contributed by atoms with E-state index in [1.165, 1.54) is 38.5 Å². The predicted molar refractivity (Wildman–Crippen MR) is 110 cm³/mol. The maximum atomic E-state index is 6.89. The van der Waals surface area contributed by atoms with Crippen LogP contribution in [0.2, 0.25) is 11.1 Å². The van der Waals surface area contributed by atoms with Crippen LogP contribution in [-0.4, -0.2) is 21.8 Å². The Hall–Kier alpha value is 0.137. The smallest absolute Gasteiger partial charge is 0.344 e. The van der Waals surface area contributed by atoms with Crippen molar-refractivity contribution in [2.24, 2.45) is 23.7 Å². The fourth-order valence-electron chi connectivity index (χ4n) is 5.74. The average molecular weight is 369 g/mol. The molecule has 2 fully saturated rings. The Kier molecular flexibility index (Phi) is 8.48. The van der Waals surface area contributed by atoms with Crippen molar-refractivity contribution >= 4 is 8.56 Å². The molecule has 0 aliphatic heterocycles. The Balaban J connectivity index is 2.35. The van der Waals surface area contributed by atoms with Crippen molar-refractivity contribution in [3.63, 3.8) is 0 Å². The summed E-state index contributed by atoms with van der Waals surface area (Å²) in [6.07, 6.45) is 10.4. The van der Waals surface area contributed by atoms with Crippen LogP contribution in [0.1, 0.15) is 92.9 Å². The average Bonchev–Trinajstić information content (AvgIpc) is 2.57. The zero-order valence-electron chi connectivity index (χ0n) is 17.9. The zero-order chi connectivity index (χ0) is 18.4. The molecule has 2 aliphatic carbocycles. The monoisotopic (exact) mass is 368 g/mol. The summed E-state index contributed by atoms with van der Waals surface area (Å²) in [6.45, 7) is 16.1. The van der Waals surface area contributed by atoms with Crippen LogP contribution in [0.25, 0.3) is 0 Å². The van der Waals surface area contributed by atoms with Gasteiger partial charge in [-0.15, -0.1) is 0 Å². The van der Waals surface area contributed by atoms with E-state index >= 15 is 0 Å². The van der Waals surface area contributed by atoms with Crippen LogP contribution in [-0.2, 0) is 8.85 Å². The molecule has 5 atom stereocenters. The SMILES string of the molecule is CCCO[Si](OCCC)(C1CC(C)CC(C)C1)C1CCCC(C)C1C. The maximum Gasteiger partial charge on any atom is 0.344 e. The maximum absolute atomic E-state index is 6.89. The van der Waals surface area contributed by atoms with Crippen LogP contribution in [0.4, 0.5) is 0 Å². The summed E-state index contributed by atoms with van der Waals surface area (Å²) in [7, 11) is -2.22. The molecule has 0 radical (unpaired) electrons. The van der Waals surface area contributed by atoms with Gasteiger partial charge < -0.3 is 8.85 Å². The third-order valence-corrected chi connectivity index (χ3v) is 11.8. The van der Waals surface area contributed by atoms with Crippen molar-refractivity contribution in [1.82, 2.24) is 0 Å². The van der Waals surface area contributed by atoms with Gasteiger partial charge in [0.1, 0.15) is 0 Å². The van der Waals surface area contributed by atoms with Crippen LogP contribution >= 0.6 is 0 Å². The van der Waals surface area contributed by atoms with Gasteiger partial charge >= 0.3 is 8.56 Å². The standard InChI is InChI=1S/C22H44O2Si/c1-7-12-23-25(24-13-8-2,21-15-17(3)14-18(4)16-21)22-11-9-10-19(5)20(22)6/h17-22H,7-16H2,1-6H3. The highest BCUT2D eigenvalue weighted by molar-refractivity contribution is 6.70. The fourth-order valence-corrected chi connectivity index (χ4v) is 11.5. The summed E-state index contributed by atoms with van der Waals surface area (Å²) >= 11 is 0. The van der Waals surface area contributed by atoms with Gasteiger partial charge in [0.2, 0.25) is 0 Å². The Morgan fingerprint density at radius 2 is 1.36 bits per heavy atom. The molecule has 5 unspecified atom stereocenters. The Labute approximate surface area is 158 Å². The van der Waals surface area contributed by atoms with Crippen LogP contribution in [0.5, 0.6) is 0 Å². The second kappa shape index (κ2) is 9.89. The minimum Gasteiger partial charge on any atom is -0.394 e. The molecule has 2 aliphatic rings. The second-order valence-electron chi connectivity index (χ2n) is 9.41. The third-order valence-electron chi connectivity index (χ3n) is 7.03. The van der Waals surface area contributed by atoms with E-state index in [1.54, 1.807) is 0 Å². The number of hydrogen-bond acceptors (Lipinski definition) is 2. The predicted octanol–water partition coefficient (Wildman–Crippen LogP) is 6.93. The lowest BCUT2D eigenvalue weighted by molar-refractivity contribution is 0.106. The van der Waals surface area contributed by atoms with Gasteiger partial charge in [-0.3, -0.25) is 0 Å². The van der Waals surface area contributed by atoms with E-state index in [4.69, 9.17) is 8.85 Å². The minimum atomic E-state index is -2.22. The first-order valence-electron chi connectivity index (χ1n) is 11.2. The lowest BCUT2D eigenvalue weighted by atomic mass is 9.81. The molecule has 3 heteroatoms. The summed E-state index contributed by atoms with van der Waals surface area (Å²) in [5.41, 5.74) is 1.39. The molecular weight excluding hydrogens is 324 g/mol. The van der Waals surface area contributed by atoms with Gasteiger partial charge in [0.15, 0.2) is 0 Å². The molecule has 0 bridgehead atoms. The van der Waals surface area contributed by atoms with Crippen molar-refractivity contribution < 1.29 is 8.85 Å². The number of hydrogen-bond donors (Lipinski definition) is 0. The first-order chi connectivity index (χ1) is 11.9. The molecule has 2 nitrogen and oxygen atoms in total. The fraction of sp³-hybridized carbons (Fsp3) is 1.00. The van der Waals surface area contributed by atoms with E-state index in [2.05, 4.69) is 41.5 Å². The van der Waals surface area contributed by atoms with Crippen molar-refractivity contribution in [3.8, 4) is 0 Å². The highest BCUT2D eigenvalue weighted by Gasteiger charge is 2.56. The van der Waals surface area contributed by atoms with E-state index in [0.717, 1.165) is 49.7 Å². The Morgan fingerprint density at radius 3 is 1.88 bits per heavy atom. The molecule has 2 rings (SSSR count). The van der Waals surface area contributed by atoms with Crippen LogP contribution < -0.4 is 0 Å². The molecular formula is C22H44O2Si. The first kappa shape index (κ1) is 21.4.